The van der Waals surface area contributed by atoms with Crippen LogP contribution in [0.15, 0.2) is 0 Å². The molecule has 0 aromatic carbocycles. The van der Waals surface area contributed by atoms with Crippen LogP contribution in [-0.4, -0.2) is 36.5 Å². The van der Waals surface area contributed by atoms with Gasteiger partial charge in [0.05, 0.1) is 0 Å². The standard InChI is InChI=1S/C14H28N2O/c1-4-7-13(15-8-5-2)11-16-10-12(6-3)9-14(16)17/h12-13,15H,4-11H2,1-3H3. The van der Waals surface area contributed by atoms with Gasteiger partial charge in [0, 0.05) is 25.6 Å². The molecule has 0 aliphatic carbocycles. The fraction of sp³-hybridized carbons (Fsp3) is 0.929. The summed E-state index contributed by atoms with van der Waals surface area (Å²) in [6.07, 6.45) is 5.40. The largest absolute Gasteiger partial charge is 0.341 e. The lowest BCUT2D eigenvalue weighted by Gasteiger charge is -2.25. The molecule has 3 heteroatoms. The van der Waals surface area contributed by atoms with Gasteiger partial charge < -0.3 is 10.2 Å². The summed E-state index contributed by atoms with van der Waals surface area (Å²) in [4.78, 5) is 13.9. The van der Waals surface area contributed by atoms with Crippen molar-refractivity contribution >= 4 is 5.91 Å². The fourth-order valence-corrected chi connectivity index (χ4v) is 2.52. The molecule has 1 aliphatic heterocycles. The van der Waals surface area contributed by atoms with E-state index in [9.17, 15) is 4.79 Å². The Labute approximate surface area is 106 Å². The van der Waals surface area contributed by atoms with E-state index in [-0.39, 0.29) is 0 Å². The Balaban J connectivity index is 2.40. The number of hydrogen-bond acceptors (Lipinski definition) is 2. The number of likely N-dealkylation sites (tertiary alicyclic amines) is 1. The number of carbonyl (C=O) groups is 1. The van der Waals surface area contributed by atoms with Crippen molar-refractivity contribution in [3.8, 4) is 0 Å². The zero-order chi connectivity index (χ0) is 12.7. The average molecular weight is 240 g/mol. The van der Waals surface area contributed by atoms with E-state index in [1.165, 1.54) is 12.8 Å². The predicted octanol–water partition coefficient (Wildman–Crippen LogP) is 2.41. The number of nitrogens with zero attached hydrogens (tertiary/aromatic N) is 1. The molecule has 2 atom stereocenters. The summed E-state index contributed by atoms with van der Waals surface area (Å²) in [5, 5.41) is 3.56. The van der Waals surface area contributed by atoms with Crippen LogP contribution in [-0.2, 0) is 4.79 Å². The van der Waals surface area contributed by atoms with Gasteiger partial charge in [-0.25, -0.2) is 0 Å². The zero-order valence-corrected chi connectivity index (χ0v) is 11.7. The molecule has 0 aromatic heterocycles. The Hall–Kier alpha value is -0.570. The van der Waals surface area contributed by atoms with Gasteiger partial charge >= 0.3 is 0 Å². The second-order valence-corrected chi connectivity index (χ2v) is 5.22. The van der Waals surface area contributed by atoms with Crippen LogP contribution in [0.4, 0.5) is 0 Å². The third-order valence-corrected chi connectivity index (χ3v) is 3.63. The van der Waals surface area contributed by atoms with Crippen molar-refractivity contribution in [1.82, 2.24) is 10.2 Å². The molecule has 1 N–H and O–H groups in total. The first-order valence-electron chi connectivity index (χ1n) is 7.22. The molecule has 1 rings (SSSR count). The molecule has 3 nitrogen and oxygen atoms in total. The molecule has 1 aliphatic rings. The van der Waals surface area contributed by atoms with E-state index in [4.69, 9.17) is 0 Å². The van der Waals surface area contributed by atoms with Gasteiger partial charge in [0.1, 0.15) is 0 Å². The van der Waals surface area contributed by atoms with Crippen LogP contribution in [0.2, 0.25) is 0 Å². The highest BCUT2D eigenvalue weighted by Crippen LogP contribution is 2.20. The molecular formula is C14H28N2O. The Bertz CT molecular complexity index is 230. The smallest absolute Gasteiger partial charge is 0.222 e. The van der Waals surface area contributed by atoms with Gasteiger partial charge in [-0.3, -0.25) is 4.79 Å². The number of carbonyl (C=O) groups excluding carboxylic acids is 1. The maximum Gasteiger partial charge on any atom is 0.222 e. The highest BCUT2D eigenvalue weighted by Gasteiger charge is 2.29. The summed E-state index contributed by atoms with van der Waals surface area (Å²) in [6.45, 7) is 9.52. The van der Waals surface area contributed by atoms with Crippen LogP contribution < -0.4 is 5.32 Å². The third kappa shape index (κ3) is 4.66. The lowest BCUT2D eigenvalue weighted by molar-refractivity contribution is -0.128. The average Bonchev–Trinajstić information content (AvgIpc) is 2.67. The Morgan fingerprint density at radius 3 is 2.65 bits per heavy atom. The minimum absolute atomic E-state index is 0.358. The minimum Gasteiger partial charge on any atom is -0.341 e. The summed E-state index contributed by atoms with van der Waals surface area (Å²) in [7, 11) is 0. The first-order valence-corrected chi connectivity index (χ1v) is 7.22. The second kappa shape index (κ2) is 7.70. The van der Waals surface area contributed by atoms with Gasteiger partial charge in [-0.2, -0.15) is 0 Å². The molecule has 1 saturated heterocycles. The zero-order valence-electron chi connectivity index (χ0n) is 11.7. The first kappa shape index (κ1) is 14.5. The molecule has 1 fully saturated rings. The minimum atomic E-state index is 0.358. The molecule has 17 heavy (non-hydrogen) atoms. The normalized spacial score (nSPS) is 22.2. The molecule has 0 aromatic rings. The Kier molecular flexibility index (Phi) is 6.56. The van der Waals surface area contributed by atoms with Crippen LogP contribution in [0.5, 0.6) is 0 Å². The number of amides is 1. The third-order valence-electron chi connectivity index (χ3n) is 3.63. The predicted molar refractivity (Wildman–Crippen MR) is 72.0 cm³/mol. The van der Waals surface area contributed by atoms with E-state index >= 15 is 0 Å². The molecule has 0 saturated carbocycles. The maximum absolute atomic E-state index is 11.9. The van der Waals surface area contributed by atoms with Crippen molar-refractivity contribution in [2.24, 2.45) is 5.92 Å². The van der Waals surface area contributed by atoms with Crippen LogP contribution >= 0.6 is 0 Å². The van der Waals surface area contributed by atoms with Gasteiger partial charge in [0.15, 0.2) is 0 Å². The van der Waals surface area contributed by atoms with E-state index in [0.717, 1.165) is 38.9 Å². The summed E-state index contributed by atoms with van der Waals surface area (Å²) >= 11 is 0. The van der Waals surface area contributed by atoms with Crippen molar-refractivity contribution in [3.05, 3.63) is 0 Å². The topological polar surface area (TPSA) is 32.3 Å². The summed E-state index contributed by atoms with van der Waals surface area (Å²) < 4.78 is 0. The quantitative estimate of drug-likeness (QED) is 0.706. The second-order valence-electron chi connectivity index (χ2n) is 5.22. The summed E-state index contributed by atoms with van der Waals surface area (Å²) in [6, 6.07) is 0.486. The SMILES string of the molecule is CCCNC(CCC)CN1CC(CC)CC1=O. The molecule has 100 valence electrons. The maximum atomic E-state index is 11.9. The highest BCUT2D eigenvalue weighted by molar-refractivity contribution is 5.78. The molecule has 0 bridgehead atoms. The van der Waals surface area contributed by atoms with Crippen molar-refractivity contribution in [2.75, 3.05) is 19.6 Å². The van der Waals surface area contributed by atoms with Gasteiger partial charge in [0.2, 0.25) is 5.91 Å². The van der Waals surface area contributed by atoms with Crippen LogP contribution in [0.3, 0.4) is 0 Å². The van der Waals surface area contributed by atoms with E-state index in [2.05, 4.69) is 31.0 Å². The van der Waals surface area contributed by atoms with E-state index in [0.29, 0.717) is 17.9 Å². The summed E-state index contributed by atoms with van der Waals surface area (Å²) in [5.74, 6) is 0.951. The lowest BCUT2D eigenvalue weighted by Crippen LogP contribution is -2.42. The molecule has 1 amide bonds. The van der Waals surface area contributed by atoms with Gasteiger partial charge in [-0.05, 0) is 25.3 Å². The Morgan fingerprint density at radius 2 is 2.12 bits per heavy atom. The summed E-state index contributed by atoms with van der Waals surface area (Å²) in [5.41, 5.74) is 0. The van der Waals surface area contributed by atoms with Crippen LogP contribution in [0.25, 0.3) is 0 Å². The fourth-order valence-electron chi connectivity index (χ4n) is 2.52. The van der Waals surface area contributed by atoms with Gasteiger partial charge in [0.25, 0.3) is 0 Å². The van der Waals surface area contributed by atoms with Crippen molar-refractivity contribution in [3.63, 3.8) is 0 Å². The van der Waals surface area contributed by atoms with Gasteiger partial charge in [-0.15, -0.1) is 0 Å². The molecule has 1 heterocycles. The first-order chi connectivity index (χ1) is 8.21. The van der Waals surface area contributed by atoms with Gasteiger partial charge in [-0.1, -0.05) is 33.6 Å². The molecule has 2 unspecified atom stereocenters. The van der Waals surface area contributed by atoms with E-state index in [1.807, 2.05) is 0 Å². The highest BCUT2D eigenvalue weighted by atomic mass is 16.2. The van der Waals surface area contributed by atoms with Crippen molar-refractivity contribution in [1.29, 1.82) is 0 Å². The van der Waals surface area contributed by atoms with Crippen molar-refractivity contribution < 1.29 is 4.79 Å². The van der Waals surface area contributed by atoms with Crippen LogP contribution in [0.1, 0.15) is 52.9 Å². The lowest BCUT2D eigenvalue weighted by atomic mass is 10.1. The number of nitrogens with one attached hydrogen (secondary N) is 1. The molecule has 0 spiro atoms. The number of hydrogen-bond donors (Lipinski definition) is 1. The monoisotopic (exact) mass is 240 g/mol. The van der Waals surface area contributed by atoms with Crippen LogP contribution in [0, 0.1) is 5.92 Å². The molecule has 0 radical (unpaired) electrons. The van der Waals surface area contributed by atoms with E-state index < -0.39 is 0 Å². The molecular weight excluding hydrogens is 212 g/mol. The number of rotatable bonds is 8. The Morgan fingerprint density at radius 1 is 1.35 bits per heavy atom. The van der Waals surface area contributed by atoms with E-state index in [1.54, 1.807) is 0 Å². The van der Waals surface area contributed by atoms with Crippen molar-refractivity contribution in [2.45, 2.75) is 58.9 Å².